The summed E-state index contributed by atoms with van der Waals surface area (Å²) in [6.45, 7) is 6.13. The van der Waals surface area contributed by atoms with E-state index in [0.717, 1.165) is 74.8 Å². The second-order valence-corrected chi connectivity index (χ2v) is 9.85. The van der Waals surface area contributed by atoms with Crippen LogP contribution in [-0.2, 0) is 17.6 Å². The molecular weight excluding hydrogens is 444 g/mol. The Balaban J connectivity index is 1.15. The smallest absolute Gasteiger partial charge is 0.226 e. The first-order valence-corrected chi connectivity index (χ1v) is 12.5. The number of hydrogen-bond donors (Lipinski definition) is 1. The van der Waals surface area contributed by atoms with Crippen molar-refractivity contribution in [1.29, 1.82) is 5.26 Å². The van der Waals surface area contributed by atoms with E-state index in [9.17, 15) is 10.1 Å². The summed E-state index contributed by atoms with van der Waals surface area (Å²) in [6.07, 6.45) is 4.74. The fraction of sp³-hybridized carbons (Fsp3) is 0.500. The van der Waals surface area contributed by atoms with E-state index in [-0.39, 0.29) is 5.91 Å². The van der Waals surface area contributed by atoms with Crippen LogP contribution in [0, 0.1) is 11.3 Å². The number of halogens is 1. The molecule has 0 saturated carbocycles. The van der Waals surface area contributed by atoms with Crippen LogP contribution in [0.2, 0.25) is 5.02 Å². The molecule has 0 spiro atoms. The van der Waals surface area contributed by atoms with Crippen molar-refractivity contribution in [3.63, 3.8) is 0 Å². The molecule has 1 aromatic heterocycles. The van der Waals surface area contributed by atoms with Crippen molar-refractivity contribution in [2.45, 2.75) is 32.1 Å². The summed E-state index contributed by atoms with van der Waals surface area (Å²) in [7, 11) is 0. The van der Waals surface area contributed by atoms with Gasteiger partial charge in [0.15, 0.2) is 0 Å². The van der Waals surface area contributed by atoms with Crippen molar-refractivity contribution in [1.82, 2.24) is 9.80 Å². The van der Waals surface area contributed by atoms with Crippen molar-refractivity contribution < 1.29 is 9.53 Å². The van der Waals surface area contributed by atoms with Crippen LogP contribution in [0.15, 0.2) is 24.3 Å². The lowest BCUT2D eigenvalue weighted by Gasteiger charge is -2.34. The van der Waals surface area contributed by atoms with Gasteiger partial charge in [0.2, 0.25) is 5.91 Å². The number of piperazine rings is 1. The van der Waals surface area contributed by atoms with Crippen molar-refractivity contribution in [2.75, 3.05) is 51.2 Å². The average molecular weight is 473 g/mol. The number of nitrogens with one attached hydrogen (secondary N) is 1. The van der Waals surface area contributed by atoms with Gasteiger partial charge in [0, 0.05) is 55.6 Å². The van der Waals surface area contributed by atoms with E-state index < -0.39 is 0 Å². The Morgan fingerprint density at radius 2 is 1.78 bits per heavy atom. The molecule has 1 saturated heterocycles. The first kappa shape index (κ1) is 23.1. The predicted molar refractivity (Wildman–Crippen MR) is 129 cm³/mol. The zero-order chi connectivity index (χ0) is 22.3. The SMILES string of the molecule is N#Cc1c(NC(=O)CCN2CCN(CCOc3ccc(Cl)cc3)CC2)sc2c1CCCC2. The Morgan fingerprint density at radius 1 is 1.09 bits per heavy atom. The third kappa shape index (κ3) is 6.02. The molecule has 0 bridgehead atoms. The Hall–Kier alpha value is -2.11. The summed E-state index contributed by atoms with van der Waals surface area (Å²) in [5.74, 6) is 0.837. The van der Waals surface area contributed by atoms with Crippen LogP contribution in [0.25, 0.3) is 0 Å². The molecule has 1 fully saturated rings. The summed E-state index contributed by atoms with van der Waals surface area (Å²) in [6, 6.07) is 9.75. The molecule has 2 heterocycles. The molecule has 1 aliphatic carbocycles. The van der Waals surface area contributed by atoms with Gasteiger partial charge in [-0.2, -0.15) is 5.26 Å². The van der Waals surface area contributed by atoms with Crippen molar-refractivity contribution in [3.05, 3.63) is 45.3 Å². The summed E-state index contributed by atoms with van der Waals surface area (Å²) in [5.41, 5.74) is 1.85. The van der Waals surface area contributed by atoms with E-state index >= 15 is 0 Å². The number of ether oxygens (including phenoxy) is 1. The molecular formula is C24H29ClN4O2S. The molecule has 2 aromatic rings. The van der Waals surface area contributed by atoms with Gasteiger partial charge >= 0.3 is 0 Å². The van der Waals surface area contributed by atoms with Gasteiger partial charge in [0.05, 0.1) is 5.56 Å². The van der Waals surface area contributed by atoms with Crippen LogP contribution in [0.3, 0.4) is 0 Å². The highest BCUT2D eigenvalue weighted by atomic mass is 35.5. The number of nitrogens with zero attached hydrogens (tertiary/aromatic N) is 3. The molecule has 0 unspecified atom stereocenters. The predicted octanol–water partition coefficient (Wildman–Crippen LogP) is 4.18. The zero-order valence-corrected chi connectivity index (χ0v) is 19.8. The summed E-state index contributed by atoms with van der Waals surface area (Å²) in [4.78, 5) is 18.5. The number of nitriles is 1. The number of fused-ring (bicyclic) bond motifs is 1. The van der Waals surface area contributed by atoms with E-state index in [1.165, 1.54) is 11.3 Å². The van der Waals surface area contributed by atoms with Crippen LogP contribution in [0.4, 0.5) is 5.00 Å². The standard InChI is InChI=1S/C24H29ClN4O2S/c25-18-5-7-19(8-6-18)31-16-15-29-13-11-28(12-14-29)10-9-23(30)27-24-21(17-26)20-3-1-2-4-22(20)32-24/h5-8H,1-4,9-16H2,(H,27,30). The molecule has 170 valence electrons. The number of anilines is 1. The van der Waals surface area contributed by atoms with Gasteiger partial charge in [-0.05, 0) is 55.5 Å². The maximum Gasteiger partial charge on any atom is 0.226 e. The van der Waals surface area contributed by atoms with E-state index in [1.807, 2.05) is 24.3 Å². The Morgan fingerprint density at radius 3 is 2.50 bits per heavy atom. The second kappa shape index (κ2) is 11.2. The van der Waals surface area contributed by atoms with Gasteiger partial charge in [0.25, 0.3) is 0 Å². The second-order valence-electron chi connectivity index (χ2n) is 8.31. The van der Waals surface area contributed by atoms with E-state index in [4.69, 9.17) is 16.3 Å². The molecule has 2 aliphatic rings. The van der Waals surface area contributed by atoms with Crippen LogP contribution in [0.5, 0.6) is 5.75 Å². The van der Waals surface area contributed by atoms with Gasteiger partial charge in [-0.1, -0.05) is 11.6 Å². The third-order valence-electron chi connectivity index (χ3n) is 6.15. The lowest BCUT2D eigenvalue weighted by atomic mass is 9.96. The van der Waals surface area contributed by atoms with E-state index in [1.54, 1.807) is 11.3 Å². The molecule has 32 heavy (non-hydrogen) atoms. The number of amides is 1. The number of carbonyl (C=O) groups is 1. The van der Waals surface area contributed by atoms with Gasteiger partial charge in [-0.25, -0.2) is 0 Å². The number of rotatable bonds is 8. The van der Waals surface area contributed by atoms with Crippen LogP contribution >= 0.6 is 22.9 Å². The van der Waals surface area contributed by atoms with Gasteiger partial charge in [0.1, 0.15) is 23.4 Å². The molecule has 6 nitrogen and oxygen atoms in total. The Kier molecular flexibility index (Phi) is 8.04. The average Bonchev–Trinajstić information content (AvgIpc) is 3.16. The number of hydrogen-bond acceptors (Lipinski definition) is 6. The van der Waals surface area contributed by atoms with Crippen molar-refractivity contribution >= 4 is 33.8 Å². The van der Waals surface area contributed by atoms with Crippen LogP contribution in [-0.4, -0.2) is 61.6 Å². The van der Waals surface area contributed by atoms with Gasteiger partial charge in [-0.15, -0.1) is 11.3 Å². The summed E-state index contributed by atoms with van der Waals surface area (Å²) in [5, 5.41) is 14.0. The van der Waals surface area contributed by atoms with Gasteiger partial charge in [-0.3, -0.25) is 9.69 Å². The minimum absolute atomic E-state index is 0.00103. The Labute approximate surface area is 198 Å². The van der Waals surface area contributed by atoms with Crippen molar-refractivity contribution in [2.24, 2.45) is 0 Å². The quantitative estimate of drug-likeness (QED) is 0.624. The van der Waals surface area contributed by atoms with E-state index in [0.29, 0.717) is 23.6 Å². The normalized spacial score (nSPS) is 16.9. The molecule has 1 N–H and O–H groups in total. The maximum atomic E-state index is 12.5. The Bertz CT molecular complexity index is 962. The minimum atomic E-state index is -0.00103. The number of aryl methyl sites for hydroxylation is 1. The molecule has 0 radical (unpaired) electrons. The van der Waals surface area contributed by atoms with Crippen LogP contribution < -0.4 is 10.1 Å². The molecule has 8 heteroatoms. The first-order valence-electron chi connectivity index (χ1n) is 11.3. The largest absolute Gasteiger partial charge is 0.492 e. The van der Waals surface area contributed by atoms with Crippen LogP contribution in [0.1, 0.15) is 35.3 Å². The molecule has 1 aliphatic heterocycles. The molecule has 4 rings (SSSR count). The number of benzene rings is 1. The molecule has 1 amide bonds. The fourth-order valence-electron chi connectivity index (χ4n) is 4.28. The highest BCUT2D eigenvalue weighted by molar-refractivity contribution is 7.16. The van der Waals surface area contributed by atoms with Gasteiger partial charge < -0.3 is 15.0 Å². The van der Waals surface area contributed by atoms with E-state index in [2.05, 4.69) is 21.2 Å². The topological polar surface area (TPSA) is 68.6 Å². The van der Waals surface area contributed by atoms with Crippen molar-refractivity contribution in [3.8, 4) is 11.8 Å². The molecule has 0 atom stereocenters. The summed E-state index contributed by atoms with van der Waals surface area (Å²) >= 11 is 7.49. The highest BCUT2D eigenvalue weighted by Crippen LogP contribution is 2.37. The third-order valence-corrected chi connectivity index (χ3v) is 7.61. The first-order chi connectivity index (χ1) is 15.6. The minimum Gasteiger partial charge on any atom is -0.492 e. The lowest BCUT2D eigenvalue weighted by Crippen LogP contribution is -2.48. The number of thiophene rings is 1. The maximum absolute atomic E-state index is 12.5. The lowest BCUT2D eigenvalue weighted by molar-refractivity contribution is -0.116. The fourth-order valence-corrected chi connectivity index (χ4v) is 5.66. The highest BCUT2D eigenvalue weighted by Gasteiger charge is 2.22. The molecule has 1 aromatic carbocycles. The summed E-state index contributed by atoms with van der Waals surface area (Å²) < 4.78 is 5.79. The number of carbonyl (C=O) groups excluding carboxylic acids is 1. The monoisotopic (exact) mass is 472 g/mol. The zero-order valence-electron chi connectivity index (χ0n) is 18.2.